The second kappa shape index (κ2) is 6.20. The first-order valence-electron chi connectivity index (χ1n) is 8.24. The van der Waals surface area contributed by atoms with Crippen molar-refractivity contribution >= 4 is 11.9 Å². The molecule has 1 unspecified atom stereocenters. The molecule has 2 aliphatic rings. The summed E-state index contributed by atoms with van der Waals surface area (Å²) in [5, 5.41) is 12.3. The fourth-order valence-corrected chi connectivity index (χ4v) is 3.67. The Labute approximate surface area is 140 Å². The van der Waals surface area contributed by atoms with Gasteiger partial charge in [-0.2, -0.15) is 0 Å². The predicted molar refractivity (Wildman–Crippen MR) is 89.2 cm³/mol. The van der Waals surface area contributed by atoms with Crippen molar-refractivity contribution in [2.75, 3.05) is 18.4 Å². The standard InChI is InChI=1S/C18H20N4O2/c23-17(24)16-14-10-22(11-15(14)16)9-13-7-20-18(21-8-13)19-6-12-4-2-1-3-5-12/h1-5,7-8,14-16H,6,9-11H2,(H,23,24)(H,19,20,21)/t14-,15+,16?. The number of rotatable bonds is 6. The Morgan fingerprint density at radius 2 is 1.79 bits per heavy atom. The van der Waals surface area contributed by atoms with Crippen molar-refractivity contribution in [3.63, 3.8) is 0 Å². The molecule has 1 saturated carbocycles. The lowest BCUT2D eigenvalue weighted by molar-refractivity contribution is -0.139. The minimum absolute atomic E-state index is 0.109. The van der Waals surface area contributed by atoms with E-state index in [0.717, 1.165) is 25.2 Å². The molecule has 1 aromatic heterocycles. The van der Waals surface area contributed by atoms with Crippen molar-refractivity contribution < 1.29 is 9.90 Å². The molecule has 0 bridgehead atoms. The van der Waals surface area contributed by atoms with Crippen molar-refractivity contribution in [2.24, 2.45) is 17.8 Å². The topological polar surface area (TPSA) is 78.3 Å². The molecule has 1 aliphatic heterocycles. The quantitative estimate of drug-likeness (QED) is 0.844. The van der Waals surface area contributed by atoms with Gasteiger partial charge in [0.25, 0.3) is 0 Å². The number of nitrogens with zero attached hydrogens (tertiary/aromatic N) is 3. The van der Waals surface area contributed by atoms with Gasteiger partial charge in [0.2, 0.25) is 5.95 Å². The first-order chi connectivity index (χ1) is 11.7. The average Bonchev–Trinajstić information content (AvgIpc) is 3.12. The number of carbonyl (C=O) groups is 1. The van der Waals surface area contributed by atoms with Crippen LogP contribution in [0, 0.1) is 17.8 Å². The Morgan fingerprint density at radius 1 is 1.12 bits per heavy atom. The first-order valence-corrected chi connectivity index (χ1v) is 8.24. The van der Waals surface area contributed by atoms with Crippen LogP contribution in [0.3, 0.4) is 0 Å². The lowest BCUT2D eigenvalue weighted by Crippen LogP contribution is -2.26. The number of carboxylic acid groups (broad SMARTS) is 1. The Morgan fingerprint density at radius 3 is 2.42 bits per heavy atom. The summed E-state index contributed by atoms with van der Waals surface area (Å²) in [6.07, 6.45) is 3.69. The van der Waals surface area contributed by atoms with E-state index >= 15 is 0 Å². The molecule has 3 atom stereocenters. The Bertz CT molecular complexity index is 708. The van der Waals surface area contributed by atoms with E-state index < -0.39 is 5.97 Å². The number of benzene rings is 1. The van der Waals surface area contributed by atoms with Crippen molar-refractivity contribution in [3.8, 4) is 0 Å². The van der Waals surface area contributed by atoms with Crippen molar-refractivity contribution in [1.82, 2.24) is 14.9 Å². The number of hydrogen-bond acceptors (Lipinski definition) is 5. The predicted octanol–water partition coefficient (Wildman–Crippen LogP) is 1.85. The summed E-state index contributed by atoms with van der Waals surface area (Å²) in [5.41, 5.74) is 2.25. The highest BCUT2D eigenvalue weighted by atomic mass is 16.4. The molecule has 1 saturated heterocycles. The second-order valence-corrected chi connectivity index (χ2v) is 6.64. The lowest BCUT2D eigenvalue weighted by Gasteiger charge is -2.18. The van der Waals surface area contributed by atoms with Gasteiger partial charge in [0, 0.05) is 44.1 Å². The second-order valence-electron chi connectivity index (χ2n) is 6.64. The molecule has 6 heteroatoms. The van der Waals surface area contributed by atoms with Crippen LogP contribution in [0.1, 0.15) is 11.1 Å². The SMILES string of the molecule is O=C(O)C1[C@H]2CN(Cc3cnc(NCc4ccccc4)nc3)C[C@@H]12. The molecule has 1 aliphatic carbocycles. The van der Waals surface area contributed by atoms with E-state index in [1.54, 1.807) is 0 Å². The molecule has 0 radical (unpaired) electrons. The van der Waals surface area contributed by atoms with Gasteiger partial charge >= 0.3 is 5.97 Å². The number of likely N-dealkylation sites (tertiary alicyclic amines) is 1. The fourth-order valence-electron chi connectivity index (χ4n) is 3.67. The summed E-state index contributed by atoms with van der Waals surface area (Å²) in [6.45, 7) is 3.23. The van der Waals surface area contributed by atoms with E-state index in [4.69, 9.17) is 5.11 Å². The van der Waals surface area contributed by atoms with E-state index in [9.17, 15) is 4.79 Å². The number of hydrogen-bond donors (Lipinski definition) is 2. The smallest absolute Gasteiger partial charge is 0.307 e. The van der Waals surface area contributed by atoms with Crippen LogP contribution in [0.5, 0.6) is 0 Å². The van der Waals surface area contributed by atoms with E-state index in [1.807, 2.05) is 30.6 Å². The molecular weight excluding hydrogens is 304 g/mol. The summed E-state index contributed by atoms with van der Waals surface area (Å²) < 4.78 is 0. The summed E-state index contributed by atoms with van der Waals surface area (Å²) in [6, 6.07) is 10.1. The minimum atomic E-state index is -0.637. The third kappa shape index (κ3) is 3.10. The average molecular weight is 324 g/mol. The highest BCUT2D eigenvalue weighted by Gasteiger charge is 2.59. The van der Waals surface area contributed by atoms with E-state index in [2.05, 4.69) is 32.3 Å². The zero-order chi connectivity index (χ0) is 16.5. The Balaban J connectivity index is 1.27. The van der Waals surface area contributed by atoms with Crippen LogP contribution in [0.25, 0.3) is 0 Å². The summed E-state index contributed by atoms with van der Waals surface area (Å²) >= 11 is 0. The van der Waals surface area contributed by atoms with Gasteiger partial charge in [-0.1, -0.05) is 30.3 Å². The molecule has 6 nitrogen and oxygen atoms in total. The number of nitrogens with one attached hydrogen (secondary N) is 1. The van der Waals surface area contributed by atoms with E-state index in [0.29, 0.717) is 24.3 Å². The number of fused-ring (bicyclic) bond motifs is 1. The first kappa shape index (κ1) is 15.1. The van der Waals surface area contributed by atoms with Crippen molar-refractivity contribution in [3.05, 3.63) is 53.9 Å². The molecule has 2 heterocycles. The summed E-state index contributed by atoms with van der Waals surface area (Å²) in [7, 11) is 0. The number of piperidine rings is 1. The van der Waals surface area contributed by atoms with Crippen molar-refractivity contribution in [2.45, 2.75) is 13.1 Å². The molecule has 124 valence electrons. The van der Waals surface area contributed by atoms with Crippen LogP contribution >= 0.6 is 0 Å². The van der Waals surface area contributed by atoms with Crippen LogP contribution < -0.4 is 5.32 Å². The van der Waals surface area contributed by atoms with Gasteiger partial charge in [-0.25, -0.2) is 9.97 Å². The van der Waals surface area contributed by atoms with Crippen LogP contribution in [-0.4, -0.2) is 39.0 Å². The fraction of sp³-hybridized carbons (Fsp3) is 0.389. The van der Waals surface area contributed by atoms with Crippen LogP contribution in [0.4, 0.5) is 5.95 Å². The van der Waals surface area contributed by atoms with Gasteiger partial charge in [0.1, 0.15) is 0 Å². The summed E-state index contributed by atoms with van der Waals surface area (Å²) in [5.74, 6) is 0.562. The lowest BCUT2D eigenvalue weighted by atomic mass is 10.2. The van der Waals surface area contributed by atoms with Crippen LogP contribution in [0.2, 0.25) is 0 Å². The van der Waals surface area contributed by atoms with Gasteiger partial charge in [0.05, 0.1) is 5.92 Å². The monoisotopic (exact) mass is 324 g/mol. The maximum absolute atomic E-state index is 11.0. The third-order valence-electron chi connectivity index (χ3n) is 4.96. The third-order valence-corrected chi connectivity index (χ3v) is 4.96. The highest BCUT2D eigenvalue weighted by molar-refractivity contribution is 5.74. The number of carboxylic acids is 1. The maximum Gasteiger partial charge on any atom is 0.307 e. The van der Waals surface area contributed by atoms with Gasteiger partial charge < -0.3 is 10.4 Å². The number of aromatic nitrogens is 2. The van der Waals surface area contributed by atoms with Gasteiger partial charge in [-0.3, -0.25) is 9.69 Å². The number of anilines is 1. The normalized spacial score (nSPS) is 25.2. The molecule has 2 N–H and O–H groups in total. The summed E-state index contributed by atoms with van der Waals surface area (Å²) in [4.78, 5) is 22.0. The Kier molecular flexibility index (Phi) is 3.90. The zero-order valence-electron chi connectivity index (χ0n) is 13.3. The molecule has 1 aromatic carbocycles. The maximum atomic E-state index is 11.0. The largest absolute Gasteiger partial charge is 0.481 e. The van der Waals surface area contributed by atoms with Gasteiger partial charge in [0.15, 0.2) is 0 Å². The zero-order valence-corrected chi connectivity index (χ0v) is 13.3. The van der Waals surface area contributed by atoms with Gasteiger partial charge in [-0.15, -0.1) is 0 Å². The Hall–Kier alpha value is -2.47. The minimum Gasteiger partial charge on any atom is -0.481 e. The van der Waals surface area contributed by atoms with E-state index in [-0.39, 0.29) is 5.92 Å². The van der Waals surface area contributed by atoms with Crippen LogP contribution in [-0.2, 0) is 17.9 Å². The number of aliphatic carboxylic acids is 1. The van der Waals surface area contributed by atoms with Crippen molar-refractivity contribution in [1.29, 1.82) is 0 Å². The molecule has 4 rings (SSSR count). The van der Waals surface area contributed by atoms with E-state index in [1.165, 1.54) is 5.56 Å². The molecule has 0 spiro atoms. The van der Waals surface area contributed by atoms with Gasteiger partial charge in [-0.05, 0) is 17.4 Å². The molecular formula is C18H20N4O2. The molecule has 2 fully saturated rings. The van der Waals surface area contributed by atoms with Crippen LogP contribution in [0.15, 0.2) is 42.7 Å². The molecule has 24 heavy (non-hydrogen) atoms. The molecule has 0 amide bonds. The highest BCUT2D eigenvalue weighted by Crippen LogP contribution is 2.51. The molecule has 2 aromatic rings.